The molecule has 24 nitrogen and oxygen atoms in total. The first-order valence-electron chi connectivity index (χ1n) is 18.8. The molecule has 0 radical (unpaired) electrons. The molecule has 27 heteroatoms. The minimum atomic E-state index is -1.29. The number of carbonyl (C=O) groups is 7. The van der Waals surface area contributed by atoms with Crippen molar-refractivity contribution >= 4 is 72.5 Å². The van der Waals surface area contributed by atoms with E-state index >= 15 is 0 Å². The Labute approximate surface area is 386 Å². The summed E-state index contributed by atoms with van der Waals surface area (Å²) >= 11 is -0.931. The Kier molecular flexibility index (Phi) is 24.9. The molecule has 2 aromatic carbocycles. The number of hydrogen-bond acceptors (Lipinski definition) is 22. The second-order valence-corrected chi connectivity index (χ2v) is 17.8. The summed E-state index contributed by atoms with van der Waals surface area (Å²) in [7, 11) is 9.90. The third-order valence-electron chi connectivity index (χ3n) is 7.91. The first kappa shape index (κ1) is 57.3. The summed E-state index contributed by atoms with van der Waals surface area (Å²) in [6, 6.07) is 10.2. The Bertz CT molecular complexity index is 1960. The Morgan fingerprint density at radius 1 is 0.508 bits per heavy atom. The van der Waals surface area contributed by atoms with E-state index in [1.165, 1.54) is 62.4 Å². The van der Waals surface area contributed by atoms with Crippen LogP contribution in [-0.4, -0.2) is 118 Å². The zero-order chi connectivity index (χ0) is 49.7. The van der Waals surface area contributed by atoms with Crippen molar-refractivity contribution in [2.75, 3.05) is 0 Å². The zero-order valence-corrected chi connectivity index (χ0v) is 40.7. The number of non-ortho nitro benzene ring substituents is 2. The van der Waals surface area contributed by atoms with Crippen molar-refractivity contribution in [3.63, 3.8) is 0 Å². The minimum absolute atomic E-state index is 0.0159. The molecule has 356 valence electrons. The number of nitro benzene ring substituents is 2. The van der Waals surface area contributed by atoms with Crippen LogP contribution in [0, 0.1) is 20.2 Å². The molecule has 2 saturated heterocycles. The van der Waals surface area contributed by atoms with Gasteiger partial charge in [-0.05, 0) is 38.1 Å². The molecule has 0 bridgehead atoms. The molecule has 0 aromatic heterocycles. The molecule has 2 aromatic rings. The van der Waals surface area contributed by atoms with Crippen LogP contribution in [-0.2, 0) is 91.3 Å². The number of hydrogen-bond donors (Lipinski definition) is 1. The summed E-state index contributed by atoms with van der Waals surface area (Å²) < 4.78 is 52.8. The van der Waals surface area contributed by atoms with Crippen LogP contribution in [0.5, 0.6) is 11.5 Å². The predicted octanol–water partition coefficient (Wildman–Crippen LogP) is 4.28. The topological polar surface area (TPSA) is 318 Å². The van der Waals surface area contributed by atoms with E-state index in [4.69, 9.17) is 71.9 Å². The van der Waals surface area contributed by atoms with Gasteiger partial charge in [-0.15, -0.1) is 0 Å². The molecule has 0 amide bonds. The third kappa shape index (κ3) is 20.8. The van der Waals surface area contributed by atoms with Crippen LogP contribution in [0.2, 0.25) is 0 Å². The number of ether oxygens (including phenoxy) is 10. The molecule has 2 aliphatic heterocycles. The van der Waals surface area contributed by atoms with Crippen molar-refractivity contribution in [3.05, 3.63) is 68.8 Å². The van der Waals surface area contributed by atoms with Crippen LogP contribution in [0.1, 0.15) is 62.3 Å². The number of rotatable bonds is 11. The number of phenolic OH excluding ortho intramolecular Hbond substituents is 1. The van der Waals surface area contributed by atoms with E-state index in [9.17, 15) is 53.8 Å². The number of nitro groups is 2. The maximum atomic E-state index is 11.6. The maximum absolute atomic E-state index is 11.6. The van der Waals surface area contributed by atoms with Crippen LogP contribution in [0.15, 0.2) is 48.5 Å². The molecule has 2 fully saturated rings. The number of phenols is 1. The van der Waals surface area contributed by atoms with Gasteiger partial charge in [0.2, 0.25) is 24.8 Å². The van der Waals surface area contributed by atoms with Gasteiger partial charge in [-0.3, -0.25) is 53.8 Å². The Balaban J connectivity index is 0.000000518. The SMILES string of the molecule is CC(=O)OC1C(C)OC(Oc2ccc([N+](=O)[O-])cc2)C(OC(C)=O)C1OC(C)=O.CC(=O)OC1OC(C)C(OC(C)=O)C(OC(C)=O)C1OC(C)=O.O=[N+]([O-])c1ccc(O)cc1.[Cl][Zn][Cl]. The fraction of sp³-hybridized carbons (Fsp3) is 0.500. The number of aromatic hydroxyl groups is 1. The molecular weight excluding hydrogens is 973 g/mol. The Hall–Kier alpha value is -5.75. The van der Waals surface area contributed by atoms with Gasteiger partial charge in [-0.25, -0.2) is 0 Å². The number of benzene rings is 2. The summed E-state index contributed by atoms with van der Waals surface area (Å²) in [6.07, 6.45) is -11.0. The predicted molar refractivity (Wildman–Crippen MR) is 214 cm³/mol. The zero-order valence-electron chi connectivity index (χ0n) is 36.3. The van der Waals surface area contributed by atoms with Crippen molar-refractivity contribution in [1.29, 1.82) is 0 Å². The average molecular weight is 1020 g/mol. The van der Waals surface area contributed by atoms with Crippen LogP contribution >= 0.6 is 19.4 Å². The van der Waals surface area contributed by atoms with E-state index in [-0.39, 0.29) is 22.9 Å². The van der Waals surface area contributed by atoms with Gasteiger partial charge >= 0.3 is 76.3 Å². The van der Waals surface area contributed by atoms with Gasteiger partial charge in [0.15, 0.2) is 24.4 Å². The first-order valence-corrected chi connectivity index (χ1v) is 26.6. The standard InChI is InChI=1S/C18H21NO10.C14H20O9.C6H5NO3.2ClH.Zn/c1-9-15(26-10(2)20)16(27-11(3)21)17(28-12(4)22)18(25-9)29-14-7-5-13(6-8-14)19(23)24;1-6-11(20-7(2)15)12(21-8(3)16)13(22-9(4)17)14(19-6)23-10(5)18;8-6-3-1-5(2-4-6)7(9)10;;;/h5-9,15-18H,1-4H3;6,11-14H,1-5H3;1-4,8H;2*1H;/q;;;;;+2/p-2. The van der Waals surface area contributed by atoms with Crippen molar-refractivity contribution in [2.45, 2.75) is 124 Å². The summed E-state index contributed by atoms with van der Waals surface area (Å²) in [5.74, 6) is -4.50. The van der Waals surface area contributed by atoms with Crippen molar-refractivity contribution in [2.24, 2.45) is 0 Å². The van der Waals surface area contributed by atoms with Crippen molar-refractivity contribution in [1.82, 2.24) is 0 Å². The number of esters is 7. The summed E-state index contributed by atoms with van der Waals surface area (Å²) in [6.45, 7) is 11.2. The average Bonchev–Trinajstić information content (AvgIpc) is 3.17. The van der Waals surface area contributed by atoms with Crippen molar-refractivity contribution < 1.29 is 111 Å². The Morgan fingerprint density at radius 3 is 1.11 bits per heavy atom. The molecule has 65 heavy (non-hydrogen) atoms. The molecule has 10 unspecified atom stereocenters. The molecule has 0 saturated carbocycles. The van der Waals surface area contributed by atoms with Crippen LogP contribution in [0.3, 0.4) is 0 Å². The second-order valence-electron chi connectivity index (χ2n) is 13.2. The number of carbonyl (C=O) groups excluding carboxylic acids is 7. The van der Waals surface area contributed by atoms with Crippen LogP contribution in [0.25, 0.3) is 0 Å². The molecule has 0 aliphatic carbocycles. The summed E-state index contributed by atoms with van der Waals surface area (Å²) in [5, 5.41) is 29.5. The monoisotopic (exact) mass is 1020 g/mol. The van der Waals surface area contributed by atoms with E-state index in [0.717, 1.165) is 34.6 Å². The molecule has 0 spiro atoms. The molecule has 1 N–H and O–H groups in total. The van der Waals surface area contributed by atoms with Crippen LogP contribution < -0.4 is 4.74 Å². The van der Waals surface area contributed by atoms with Gasteiger partial charge in [-0.1, -0.05) is 0 Å². The van der Waals surface area contributed by atoms with E-state index in [1.807, 2.05) is 0 Å². The van der Waals surface area contributed by atoms with E-state index in [1.54, 1.807) is 13.8 Å². The van der Waals surface area contributed by atoms with Gasteiger partial charge in [0.1, 0.15) is 11.5 Å². The molecular formula is C38H46Cl2N2O22Zn. The van der Waals surface area contributed by atoms with Gasteiger partial charge in [0.05, 0.1) is 22.1 Å². The quantitative estimate of drug-likeness (QED) is 0.108. The van der Waals surface area contributed by atoms with E-state index in [2.05, 4.69) is 0 Å². The van der Waals surface area contributed by atoms with Gasteiger partial charge in [-0.2, -0.15) is 0 Å². The fourth-order valence-electron chi connectivity index (χ4n) is 5.65. The second kappa shape index (κ2) is 28.2. The van der Waals surface area contributed by atoms with Crippen LogP contribution in [0.4, 0.5) is 11.4 Å². The fourth-order valence-corrected chi connectivity index (χ4v) is 5.65. The molecule has 4 rings (SSSR count). The third-order valence-corrected chi connectivity index (χ3v) is 7.91. The van der Waals surface area contributed by atoms with Gasteiger partial charge < -0.3 is 52.5 Å². The molecule has 10 atom stereocenters. The van der Waals surface area contributed by atoms with E-state index < -0.39 is 128 Å². The molecule has 2 heterocycles. The Morgan fingerprint density at radius 2 is 0.785 bits per heavy atom. The normalized spacial score (nSPS) is 23.9. The first-order chi connectivity index (χ1) is 30.3. The van der Waals surface area contributed by atoms with Gasteiger partial charge in [0, 0.05) is 72.7 Å². The summed E-state index contributed by atoms with van der Waals surface area (Å²) in [4.78, 5) is 99.6. The summed E-state index contributed by atoms with van der Waals surface area (Å²) in [5.41, 5.74) is -0.155. The number of halogens is 2. The van der Waals surface area contributed by atoms with Crippen molar-refractivity contribution in [3.8, 4) is 11.5 Å². The number of nitrogens with zero attached hydrogens (tertiary/aromatic N) is 2. The molecule has 2 aliphatic rings. The van der Waals surface area contributed by atoms with Gasteiger partial charge in [0.25, 0.3) is 11.4 Å². The van der Waals surface area contributed by atoms with E-state index in [0.29, 0.717) is 0 Å².